The molecule has 1 amide bonds. The number of rotatable bonds is 6. The van der Waals surface area contributed by atoms with Gasteiger partial charge in [-0.05, 0) is 25.7 Å². The quantitative estimate of drug-likeness (QED) is 0.595. The summed E-state index contributed by atoms with van der Waals surface area (Å²) in [6, 6.07) is 0. The first kappa shape index (κ1) is 13.7. The van der Waals surface area contributed by atoms with Crippen molar-refractivity contribution in [1.82, 2.24) is 19.7 Å². The average Bonchev–Trinajstić information content (AvgIpc) is 3.01. The standard InChI is InChI=1S/C14H20N4OS/c1-2-7-18-13(11-5-6-11)15-16-14(18)20-10-12(19)17-8-3-4-9-17/h2,11H,1,3-10H2. The lowest BCUT2D eigenvalue weighted by Gasteiger charge is -2.14. The summed E-state index contributed by atoms with van der Waals surface area (Å²) in [6.45, 7) is 6.33. The van der Waals surface area contributed by atoms with Gasteiger partial charge in [-0.1, -0.05) is 17.8 Å². The second-order valence-corrected chi connectivity index (χ2v) is 6.33. The van der Waals surface area contributed by atoms with Crippen molar-refractivity contribution in [3.8, 4) is 0 Å². The monoisotopic (exact) mass is 292 g/mol. The lowest BCUT2D eigenvalue weighted by atomic mass is 10.4. The van der Waals surface area contributed by atoms with Gasteiger partial charge in [-0.3, -0.25) is 4.79 Å². The Kier molecular flexibility index (Phi) is 4.10. The van der Waals surface area contributed by atoms with Crippen LogP contribution in [0.5, 0.6) is 0 Å². The molecule has 5 nitrogen and oxygen atoms in total. The molecule has 0 bridgehead atoms. The van der Waals surface area contributed by atoms with E-state index in [9.17, 15) is 4.79 Å². The number of likely N-dealkylation sites (tertiary alicyclic amines) is 1. The molecule has 0 atom stereocenters. The predicted octanol–water partition coefficient (Wildman–Crippen LogP) is 2.06. The Balaban J connectivity index is 1.64. The van der Waals surface area contributed by atoms with Crippen LogP contribution in [-0.2, 0) is 11.3 Å². The molecule has 1 aliphatic heterocycles. The van der Waals surface area contributed by atoms with E-state index in [4.69, 9.17) is 0 Å². The maximum absolute atomic E-state index is 12.1. The zero-order valence-corrected chi connectivity index (χ0v) is 12.4. The summed E-state index contributed by atoms with van der Waals surface area (Å²) in [5.41, 5.74) is 0. The normalized spacial score (nSPS) is 18.5. The SMILES string of the molecule is C=CCn1c(SCC(=O)N2CCCC2)nnc1C1CC1. The highest BCUT2D eigenvalue weighted by molar-refractivity contribution is 7.99. The summed E-state index contributed by atoms with van der Waals surface area (Å²) in [7, 11) is 0. The molecule has 6 heteroatoms. The molecule has 3 rings (SSSR count). The van der Waals surface area contributed by atoms with E-state index in [1.54, 1.807) is 0 Å². The largest absolute Gasteiger partial charge is 0.342 e. The summed E-state index contributed by atoms with van der Waals surface area (Å²) in [6.07, 6.45) is 6.53. The van der Waals surface area contributed by atoms with E-state index in [1.807, 2.05) is 11.0 Å². The summed E-state index contributed by atoms with van der Waals surface area (Å²) >= 11 is 1.50. The number of carbonyl (C=O) groups is 1. The Labute approximate surface area is 123 Å². The van der Waals surface area contributed by atoms with Crippen LogP contribution in [-0.4, -0.2) is 44.4 Å². The van der Waals surface area contributed by atoms with Gasteiger partial charge in [-0.25, -0.2) is 0 Å². The van der Waals surface area contributed by atoms with Gasteiger partial charge < -0.3 is 9.47 Å². The van der Waals surface area contributed by atoms with E-state index >= 15 is 0 Å². The summed E-state index contributed by atoms with van der Waals surface area (Å²) in [5.74, 6) is 2.29. The minimum absolute atomic E-state index is 0.216. The third-order valence-corrected chi connectivity index (χ3v) is 4.73. The topological polar surface area (TPSA) is 51.0 Å². The third kappa shape index (κ3) is 2.90. The van der Waals surface area contributed by atoms with Gasteiger partial charge in [0.15, 0.2) is 5.16 Å². The maximum atomic E-state index is 12.1. The van der Waals surface area contributed by atoms with Gasteiger partial charge in [0.05, 0.1) is 5.75 Å². The first-order valence-corrected chi connectivity index (χ1v) is 8.22. The lowest BCUT2D eigenvalue weighted by Crippen LogP contribution is -2.29. The molecular weight excluding hydrogens is 272 g/mol. The van der Waals surface area contributed by atoms with Crippen LogP contribution in [0.2, 0.25) is 0 Å². The van der Waals surface area contributed by atoms with Gasteiger partial charge in [0.25, 0.3) is 0 Å². The highest BCUT2D eigenvalue weighted by atomic mass is 32.2. The number of aromatic nitrogens is 3. The summed E-state index contributed by atoms with van der Waals surface area (Å²) in [5, 5.41) is 9.39. The van der Waals surface area contributed by atoms with E-state index < -0.39 is 0 Å². The second-order valence-electron chi connectivity index (χ2n) is 5.39. The molecule has 1 aliphatic carbocycles. The number of amides is 1. The van der Waals surface area contributed by atoms with Gasteiger partial charge >= 0.3 is 0 Å². The molecule has 1 aromatic heterocycles. The van der Waals surface area contributed by atoms with Crippen molar-refractivity contribution in [2.24, 2.45) is 0 Å². The first-order chi connectivity index (χ1) is 9.79. The van der Waals surface area contributed by atoms with Crippen molar-refractivity contribution in [3.05, 3.63) is 18.5 Å². The molecule has 0 aromatic carbocycles. The van der Waals surface area contributed by atoms with Crippen LogP contribution in [0.15, 0.2) is 17.8 Å². The lowest BCUT2D eigenvalue weighted by molar-refractivity contribution is -0.127. The van der Waals surface area contributed by atoms with Gasteiger partial charge in [0.1, 0.15) is 5.82 Å². The van der Waals surface area contributed by atoms with Crippen LogP contribution >= 0.6 is 11.8 Å². The minimum atomic E-state index is 0.216. The molecule has 0 N–H and O–H groups in total. The number of thioether (sulfide) groups is 1. The molecule has 0 radical (unpaired) electrons. The Hall–Kier alpha value is -1.30. The van der Waals surface area contributed by atoms with Crippen molar-refractivity contribution in [2.45, 2.75) is 43.3 Å². The van der Waals surface area contributed by atoms with E-state index in [1.165, 1.54) is 24.6 Å². The van der Waals surface area contributed by atoms with E-state index in [0.717, 1.165) is 43.5 Å². The van der Waals surface area contributed by atoms with Gasteiger partial charge in [0.2, 0.25) is 5.91 Å². The number of carbonyl (C=O) groups excluding carboxylic acids is 1. The zero-order chi connectivity index (χ0) is 13.9. The van der Waals surface area contributed by atoms with Crippen molar-refractivity contribution in [1.29, 1.82) is 0 Å². The second kappa shape index (κ2) is 5.99. The Bertz CT molecular complexity index is 503. The third-order valence-electron chi connectivity index (χ3n) is 3.78. The molecule has 0 unspecified atom stereocenters. The van der Waals surface area contributed by atoms with Crippen molar-refractivity contribution < 1.29 is 4.79 Å². The van der Waals surface area contributed by atoms with Gasteiger partial charge in [0, 0.05) is 25.6 Å². The number of allylic oxidation sites excluding steroid dienone is 1. The van der Waals surface area contributed by atoms with Crippen LogP contribution in [0, 0.1) is 0 Å². The number of hydrogen-bond donors (Lipinski definition) is 0. The summed E-state index contributed by atoms with van der Waals surface area (Å²) < 4.78 is 2.10. The fourth-order valence-electron chi connectivity index (χ4n) is 2.54. The van der Waals surface area contributed by atoms with Crippen LogP contribution < -0.4 is 0 Å². The molecule has 1 aromatic rings. The first-order valence-electron chi connectivity index (χ1n) is 7.24. The minimum Gasteiger partial charge on any atom is -0.342 e. The fourth-order valence-corrected chi connectivity index (χ4v) is 3.39. The smallest absolute Gasteiger partial charge is 0.233 e. The van der Waals surface area contributed by atoms with E-state index in [0.29, 0.717) is 11.7 Å². The van der Waals surface area contributed by atoms with Crippen LogP contribution in [0.3, 0.4) is 0 Å². The Morgan fingerprint density at radius 2 is 2.10 bits per heavy atom. The molecule has 0 spiro atoms. The zero-order valence-electron chi connectivity index (χ0n) is 11.6. The van der Waals surface area contributed by atoms with Crippen LogP contribution in [0.25, 0.3) is 0 Å². The van der Waals surface area contributed by atoms with E-state index in [-0.39, 0.29) is 5.91 Å². The predicted molar refractivity (Wildman–Crippen MR) is 78.7 cm³/mol. The van der Waals surface area contributed by atoms with Gasteiger partial charge in [-0.15, -0.1) is 16.8 Å². The van der Waals surface area contributed by atoms with E-state index in [2.05, 4.69) is 21.3 Å². The van der Waals surface area contributed by atoms with Crippen molar-refractivity contribution in [2.75, 3.05) is 18.8 Å². The highest BCUT2D eigenvalue weighted by Crippen LogP contribution is 2.40. The number of nitrogens with zero attached hydrogens (tertiary/aromatic N) is 4. The number of hydrogen-bond acceptors (Lipinski definition) is 4. The van der Waals surface area contributed by atoms with Crippen LogP contribution in [0.4, 0.5) is 0 Å². The molecular formula is C14H20N4OS. The van der Waals surface area contributed by atoms with Crippen LogP contribution in [0.1, 0.15) is 37.4 Å². The average molecular weight is 292 g/mol. The highest BCUT2D eigenvalue weighted by Gasteiger charge is 2.30. The van der Waals surface area contributed by atoms with Crippen molar-refractivity contribution in [3.63, 3.8) is 0 Å². The summed E-state index contributed by atoms with van der Waals surface area (Å²) in [4.78, 5) is 14.0. The van der Waals surface area contributed by atoms with Gasteiger partial charge in [-0.2, -0.15) is 0 Å². The molecule has 108 valence electrons. The molecule has 2 heterocycles. The molecule has 20 heavy (non-hydrogen) atoms. The molecule has 2 fully saturated rings. The fraction of sp³-hybridized carbons (Fsp3) is 0.643. The molecule has 2 aliphatic rings. The Morgan fingerprint density at radius 1 is 1.35 bits per heavy atom. The maximum Gasteiger partial charge on any atom is 0.233 e. The van der Waals surface area contributed by atoms with Crippen molar-refractivity contribution >= 4 is 17.7 Å². The molecule has 1 saturated heterocycles. The Morgan fingerprint density at radius 3 is 2.75 bits per heavy atom. The molecule has 1 saturated carbocycles.